The highest BCUT2D eigenvalue weighted by atomic mass is 16.6. The van der Waals surface area contributed by atoms with E-state index in [4.69, 9.17) is 9.94 Å². The van der Waals surface area contributed by atoms with E-state index in [0.717, 1.165) is 0 Å². The monoisotopic (exact) mass is 143 g/mol. The van der Waals surface area contributed by atoms with Gasteiger partial charge in [-0.2, -0.15) is 0 Å². The van der Waals surface area contributed by atoms with Gasteiger partial charge in [-0.15, -0.1) is 5.10 Å². The SMILES string of the molecule is CCOC1=CC=NN(O)N1. The van der Waals surface area contributed by atoms with E-state index < -0.39 is 0 Å². The molecule has 0 aliphatic carbocycles. The number of hydrazone groups is 1. The van der Waals surface area contributed by atoms with Crippen LogP contribution in [0, 0.1) is 0 Å². The fourth-order valence-corrected chi connectivity index (χ4v) is 0.565. The van der Waals surface area contributed by atoms with Crippen molar-refractivity contribution in [2.24, 2.45) is 5.10 Å². The van der Waals surface area contributed by atoms with Gasteiger partial charge in [0.05, 0.1) is 12.8 Å². The molecule has 10 heavy (non-hydrogen) atoms. The lowest BCUT2D eigenvalue weighted by Gasteiger charge is -2.17. The second-order valence-electron chi connectivity index (χ2n) is 1.63. The van der Waals surface area contributed by atoms with E-state index in [-0.39, 0.29) is 0 Å². The number of allylic oxidation sites excluding steroid dienone is 1. The van der Waals surface area contributed by atoms with Crippen molar-refractivity contribution in [2.45, 2.75) is 6.92 Å². The van der Waals surface area contributed by atoms with Crippen LogP contribution in [0.15, 0.2) is 17.1 Å². The number of rotatable bonds is 2. The van der Waals surface area contributed by atoms with Gasteiger partial charge in [0.1, 0.15) is 0 Å². The van der Waals surface area contributed by atoms with Crippen LogP contribution in [-0.2, 0) is 4.74 Å². The first-order valence-electron chi connectivity index (χ1n) is 2.95. The number of hydrogen-bond acceptors (Lipinski definition) is 5. The third-order valence-corrected chi connectivity index (χ3v) is 0.912. The van der Waals surface area contributed by atoms with Crippen LogP contribution in [0.2, 0.25) is 0 Å². The highest BCUT2D eigenvalue weighted by Gasteiger charge is 2.02. The van der Waals surface area contributed by atoms with Crippen molar-refractivity contribution in [3.8, 4) is 0 Å². The van der Waals surface area contributed by atoms with Gasteiger partial charge in [0.2, 0.25) is 5.88 Å². The first-order valence-corrected chi connectivity index (χ1v) is 2.95. The topological polar surface area (TPSA) is 57.1 Å². The third kappa shape index (κ3) is 1.63. The predicted molar refractivity (Wildman–Crippen MR) is 35.0 cm³/mol. The average Bonchev–Trinajstić information content (AvgIpc) is 1.88. The Kier molecular flexibility index (Phi) is 2.11. The first kappa shape index (κ1) is 6.88. The molecule has 56 valence electrons. The van der Waals surface area contributed by atoms with Gasteiger partial charge in [-0.25, -0.2) is 5.43 Å². The summed E-state index contributed by atoms with van der Waals surface area (Å²) in [6, 6.07) is 0. The molecule has 5 nitrogen and oxygen atoms in total. The lowest BCUT2D eigenvalue weighted by atomic mass is 10.6. The molecule has 0 amide bonds. The molecular weight excluding hydrogens is 134 g/mol. The van der Waals surface area contributed by atoms with Gasteiger partial charge in [-0.1, -0.05) is 5.28 Å². The number of ether oxygens (including phenoxy) is 1. The minimum Gasteiger partial charge on any atom is -0.478 e. The van der Waals surface area contributed by atoms with E-state index >= 15 is 0 Å². The first-order chi connectivity index (χ1) is 4.83. The zero-order chi connectivity index (χ0) is 7.40. The standard InChI is InChI=1S/C5H9N3O2/c1-2-10-5-3-4-6-8(9)7-5/h3-4,7,9H,2H2,1H3. The van der Waals surface area contributed by atoms with Gasteiger partial charge in [0.25, 0.3) is 0 Å². The van der Waals surface area contributed by atoms with E-state index in [1.54, 1.807) is 6.08 Å². The zero-order valence-electron chi connectivity index (χ0n) is 5.61. The van der Waals surface area contributed by atoms with Crippen molar-refractivity contribution < 1.29 is 9.94 Å². The number of hydrazine groups is 1. The Bertz CT molecular complexity index is 166. The fourth-order valence-electron chi connectivity index (χ4n) is 0.565. The van der Waals surface area contributed by atoms with Crippen molar-refractivity contribution >= 4 is 6.21 Å². The van der Waals surface area contributed by atoms with Crippen molar-refractivity contribution in [3.63, 3.8) is 0 Å². The van der Waals surface area contributed by atoms with Crippen LogP contribution >= 0.6 is 0 Å². The van der Waals surface area contributed by atoms with Crippen molar-refractivity contribution in [3.05, 3.63) is 12.0 Å². The van der Waals surface area contributed by atoms with Gasteiger partial charge in [-0.05, 0) is 6.92 Å². The summed E-state index contributed by atoms with van der Waals surface area (Å²) in [6.07, 6.45) is 3.05. The lowest BCUT2D eigenvalue weighted by molar-refractivity contribution is -0.140. The maximum atomic E-state index is 8.71. The second-order valence-corrected chi connectivity index (χ2v) is 1.63. The molecular formula is C5H9N3O2. The summed E-state index contributed by atoms with van der Waals surface area (Å²) in [7, 11) is 0. The minimum atomic E-state index is 0.486. The van der Waals surface area contributed by atoms with E-state index in [1.807, 2.05) is 6.92 Å². The van der Waals surface area contributed by atoms with E-state index in [9.17, 15) is 0 Å². The summed E-state index contributed by atoms with van der Waals surface area (Å²) in [5.41, 5.74) is 2.45. The Hall–Kier alpha value is -1.23. The van der Waals surface area contributed by atoms with E-state index in [1.165, 1.54) is 6.21 Å². The molecule has 5 heteroatoms. The van der Waals surface area contributed by atoms with E-state index in [2.05, 4.69) is 10.5 Å². The molecule has 1 heterocycles. The Morgan fingerprint density at radius 3 is 3.30 bits per heavy atom. The Morgan fingerprint density at radius 1 is 1.90 bits per heavy atom. The molecule has 1 aliphatic rings. The van der Waals surface area contributed by atoms with Crippen molar-refractivity contribution in [1.82, 2.24) is 10.7 Å². The van der Waals surface area contributed by atoms with Crippen LogP contribution in [0.3, 0.4) is 0 Å². The Balaban J connectivity index is 2.45. The maximum Gasteiger partial charge on any atom is 0.210 e. The normalized spacial score (nSPS) is 16.2. The molecule has 2 N–H and O–H groups in total. The van der Waals surface area contributed by atoms with Crippen LogP contribution in [0.25, 0.3) is 0 Å². The Morgan fingerprint density at radius 2 is 2.70 bits per heavy atom. The highest BCUT2D eigenvalue weighted by molar-refractivity contribution is 5.71. The average molecular weight is 143 g/mol. The molecule has 0 bridgehead atoms. The molecule has 0 aromatic carbocycles. The molecule has 0 aromatic rings. The number of hydrogen-bond donors (Lipinski definition) is 2. The molecule has 0 spiro atoms. The maximum absolute atomic E-state index is 8.71. The van der Waals surface area contributed by atoms with Gasteiger partial charge in [0.15, 0.2) is 0 Å². The largest absolute Gasteiger partial charge is 0.478 e. The fraction of sp³-hybridized carbons (Fsp3) is 0.400. The molecule has 0 radical (unpaired) electrons. The van der Waals surface area contributed by atoms with E-state index in [0.29, 0.717) is 17.8 Å². The predicted octanol–water partition coefficient (Wildman–Crippen LogP) is 0.0595. The zero-order valence-corrected chi connectivity index (χ0v) is 5.61. The highest BCUT2D eigenvalue weighted by Crippen LogP contribution is 1.96. The lowest BCUT2D eigenvalue weighted by Crippen LogP contribution is -2.33. The van der Waals surface area contributed by atoms with Crippen molar-refractivity contribution in [2.75, 3.05) is 6.61 Å². The molecule has 0 saturated heterocycles. The summed E-state index contributed by atoms with van der Waals surface area (Å²) in [4.78, 5) is 0. The number of nitrogens with zero attached hydrogens (tertiary/aromatic N) is 2. The quantitative estimate of drug-likeness (QED) is 0.574. The van der Waals surface area contributed by atoms with Gasteiger partial charge in [-0.3, -0.25) is 5.21 Å². The number of nitrogens with one attached hydrogen (secondary N) is 1. The summed E-state index contributed by atoms with van der Waals surface area (Å²) in [5.74, 6) is 0.486. The molecule has 0 aromatic heterocycles. The van der Waals surface area contributed by atoms with Crippen LogP contribution in [0.1, 0.15) is 6.92 Å². The smallest absolute Gasteiger partial charge is 0.210 e. The van der Waals surface area contributed by atoms with Crippen LogP contribution < -0.4 is 5.43 Å². The third-order valence-electron chi connectivity index (χ3n) is 0.912. The molecule has 0 fully saturated rings. The van der Waals surface area contributed by atoms with Crippen molar-refractivity contribution in [1.29, 1.82) is 0 Å². The van der Waals surface area contributed by atoms with Gasteiger partial charge >= 0.3 is 0 Å². The summed E-state index contributed by atoms with van der Waals surface area (Å²) < 4.78 is 5.01. The molecule has 1 rings (SSSR count). The summed E-state index contributed by atoms with van der Waals surface area (Å²) in [5, 5.41) is 12.8. The summed E-state index contributed by atoms with van der Waals surface area (Å²) in [6.45, 7) is 2.41. The van der Waals surface area contributed by atoms with Gasteiger partial charge in [0, 0.05) is 6.08 Å². The van der Waals surface area contributed by atoms with Crippen LogP contribution in [-0.4, -0.2) is 23.3 Å². The molecule has 0 saturated carbocycles. The van der Waals surface area contributed by atoms with Crippen LogP contribution in [0.5, 0.6) is 0 Å². The van der Waals surface area contributed by atoms with Crippen LogP contribution in [0.4, 0.5) is 0 Å². The molecule has 1 aliphatic heterocycles. The minimum absolute atomic E-state index is 0.486. The second kappa shape index (κ2) is 3.07. The Labute approximate surface area is 58.5 Å². The summed E-state index contributed by atoms with van der Waals surface area (Å²) >= 11 is 0. The van der Waals surface area contributed by atoms with Gasteiger partial charge < -0.3 is 4.74 Å². The molecule has 0 atom stereocenters. The molecule has 0 unspecified atom stereocenters.